The third-order valence-electron chi connectivity index (χ3n) is 2.95. The average Bonchev–Trinajstić information content (AvgIpc) is 2.88. The van der Waals surface area contributed by atoms with Gasteiger partial charge in [0.2, 0.25) is 0 Å². The molecule has 3 nitrogen and oxygen atoms in total. The van der Waals surface area contributed by atoms with Gasteiger partial charge < -0.3 is 14.8 Å². The summed E-state index contributed by atoms with van der Waals surface area (Å²) < 4.78 is 10.3. The first kappa shape index (κ1) is 13.0. The predicted octanol–water partition coefficient (Wildman–Crippen LogP) is 1.99. The topological polar surface area (TPSA) is 30.5 Å². The van der Waals surface area contributed by atoms with Crippen molar-refractivity contribution in [3.05, 3.63) is 21.4 Å². The normalized spacial score (nSPS) is 14.2. The minimum Gasteiger partial charge on any atom is -0.382 e. The average molecular weight is 255 g/mol. The molecule has 0 amide bonds. The molecule has 0 bridgehead atoms. The second-order valence-electron chi connectivity index (χ2n) is 4.30. The lowest BCUT2D eigenvalue weighted by Crippen LogP contribution is -2.19. The Morgan fingerprint density at radius 2 is 2.24 bits per heavy atom. The van der Waals surface area contributed by atoms with Gasteiger partial charge in [-0.05, 0) is 30.9 Å². The van der Waals surface area contributed by atoms with E-state index >= 15 is 0 Å². The highest BCUT2D eigenvalue weighted by molar-refractivity contribution is 7.12. The van der Waals surface area contributed by atoms with Crippen molar-refractivity contribution in [2.45, 2.75) is 25.8 Å². The zero-order valence-corrected chi connectivity index (χ0v) is 11.3. The van der Waals surface area contributed by atoms with Crippen molar-refractivity contribution in [2.75, 3.05) is 33.5 Å². The maximum Gasteiger partial charge on any atom is 0.0700 e. The highest BCUT2D eigenvalue weighted by Crippen LogP contribution is 2.30. The molecule has 1 N–H and O–H groups in total. The van der Waals surface area contributed by atoms with E-state index in [0.717, 1.165) is 19.7 Å². The van der Waals surface area contributed by atoms with Crippen LogP contribution in [0, 0.1) is 0 Å². The first-order valence-corrected chi connectivity index (χ1v) is 7.09. The van der Waals surface area contributed by atoms with Crippen molar-refractivity contribution in [3.63, 3.8) is 0 Å². The lowest BCUT2D eigenvalue weighted by Gasteiger charge is -2.04. The molecule has 0 aliphatic heterocycles. The van der Waals surface area contributed by atoms with Crippen molar-refractivity contribution < 1.29 is 9.47 Å². The Kier molecular flexibility index (Phi) is 5.45. The van der Waals surface area contributed by atoms with E-state index < -0.39 is 0 Å². The van der Waals surface area contributed by atoms with Gasteiger partial charge in [0.15, 0.2) is 0 Å². The van der Waals surface area contributed by atoms with Gasteiger partial charge in [-0.3, -0.25) is 0 Å². The van der Waals surface area contributed by atoms with E-state index in [1.165, 1.54) is 24.1 Å². The molecule has 17 heavy (non-hydrogen) atoms. The predicted molar refractivity (Wildman–Crippen MR) is 70.7 cm³/mol. The van der Waals surface area contributed by atoms with Crippen molar-refractivity contribution in [3.8, 4) is 0 Å². The summed E-state index contributed by atoms with van der Waals surface area (Å²) in [6.07, 6.45) is 3.92. The van der Waals surface area contributed by atoms with Gasteiger partial charge in [-0.1, -0.05) is 0 Å². The quantitative estimate of drug-likeness (QED) is 0.721. The van der Waals surface area contributed by atoms with Gasteiger partial charge in [0, 0.05) is 30.0 Å². The van der Waals surface area contributed by atoms with Gasteiger partial charge in [0.25, 0.3) is 0 Å². The van der Waals surface area contributed by atoms with E-state index in [1.807, 2.05) is 11.3 Å². The molecule has 0 atom stereocenters. The van der Waals surface area contributed by atoms with Crippen molar-refractivity contribution in [1.29, 1.82) is 0 Å². The second kappa shape index (κ2) is 7.11. The van der Waals surface area contributed by atoms with Crippen LogP contribution in [-0.2, 0) is 28.9 Å². The van der Waals surface area contributed by atoms with Crippen LogP contribution < -0.4 is 5.32 Å². The third-order valence-corrected chi connectivity index (χ3v) is 4.19. The van der Waals surface area contributed by atoms with Crippen LogP contribution in [0.3, 0.4) is 0 Å². The second-order valence-corrected chi connectivity index (χ2v) is 5.52. The zero-order chi connectivity index (χ0) is 11.9. The van der Waals surface area contributed by atoms with Crippen LogP contribution in [0.5, 0.6) is 0 Å². The first-order valence-electron chi connectivity index (χ1n) is 6.28. The highest BCUT2D eigenvalue weighted by atomic mass is 32.1. The van der Waals surface area contributed by atoms with E-state index in [0.29, 0.717) is 13.2 Å². The maximum atomic E-state index is 5.39. The number of fused-ring (bicyclic) bond motifs is 1. The summed E-state index contributed by atoms with van der Waals surface area (Å²) in [6.45, 7) is 4.01. The summed E-state index contributed by atoms with van der Waals surface area (Å²) in [5.74, 6) is 0. The molecule has 4 heteroatoms. The van der Waals surface area contributed by atoms with E-state index in [2.05, 4.69) is 11.4 Å². The molecule has 1 aliphatic carbocycles. The Morgan fingerprint density at radius 3 is 3.06 bits per heavy atom. The Morgan fingerprint density at radius 1 is 1.29 bits per heavy atom. The number of ether oxygens (including phenoxy) is 2. The van der Waals surface area contributed by atoms with Gasteiger partial charge in [0.1, 0.15) is 0 Å². The summed E-state index contributed by atoms with van der Waals surface area (Å²) in [5.41, 5.74) is 1.59. The lowest BCUT2D eigenvalue weighted by atomic mass is 10.2. The van der Waals surface area contributed by atoms with Gasteiger partial charge in [-0.15, -0.1) is 11.3 Å². The van der Waals surface area contributed by atoms with Gasteiger partial charge >= 0.3 is 0 Å². The summed E-state index contributed by atoms with van der Waals surface area (Å²) in [7, 11) is 1.69. The molecule has 0 saturated carbocycles. The largest absolute Gasteiger partial charge is 0.382 e. The summed E-state index contributed by atoms with van der Waals surface area (Å²) in [6, 6.07) is 2.37. The molecule has 0 unspecified atom stereocenters. The number of rotatable bonds is 8. The minimum atomic E-state index is 0.678. The molecular formula is C13H21NO2S. The smallest absolute Gasteiger partial charge is 0.0700 e. The van der Waals surface area contributed by atoms with Crippen LogP contribution in [0.4, 0.5) is 0 Å². The number of methoxy groups -OCH3 is 1. The van der Waals surface area contributed by atoms with Gasteiger partial charge in [-0.2, -0.15) is 0 Å². The number of hydrogen-bond donors (Lipinski definition) is 1. The molecule has 96 valence electrons. The molecular weight excluding hydrogens is 234 g/mol. The molecule has 1 aliphatic rings. The zero-order valence-electron chi connectivity index (χ0n) is 10.5. The van der Waals surface area contributed by atoms with Gasteiger partial charge in [0.05, 0.1) is 19.8 Å². The van der Waals surface area contributed by atoms with E-state index in [4.69, 9.17) is 9.47 Å². The maximum absolute atomic E-state index is 5.39. The summed E-state index contributed by atoms with van der Waals surface area (Å²) >= 11 is 1.97. The molecule has 0 radical (unpaired) electrons. The number of aryl methyl sites for hydroxylation is 2. The van der Waals surface area contributed by atoms with Crippen LogP contribution >= 0.6 is 11.3 Å². The Balaban J connectivity index is 1.55. The van der Waals surface area contributed by atoms with Crippen LogP contribution in [0.15, 0.2) is 6.07 Å². The minimum absolute atomic E-state index is 0.678. The van der Waals surface area contributed by atoms with E-state index in [1.54, 1.807) is 17.6 Å². The van der Waals surface area contributed by atoms with Crippen molar-refractivity contribution in [2.24, 2.45) is 0 Å². The Hall–Kier alpha value is -0.420. The van der Waals surface area contributed by atoms with Crippen LogP contribution in [-0.4, -0.2) is 33.5 Å². The molecule has 0 spiro atoms. The van der Waals surface area contributed by atoms with E-state index in [-0.39, 0.29) is 0 Å². The van der Waals surface area contributed by atoms with Gasteiger partial charge in [-0.25, -0.2) is 0 Å². The first-order chi connectivity index (χ1) is 8.40. The van der Waals surface area contributed by atoms with Crippen LogP contribution in [0.1, 0.15) is 21.7 Å². The number of thiophene rings is 1. The fourth-order valence-electron chi connectivity index (χ4n) is 2.08. The summed E-state index contributed by atoms with van der Waals surface area (Å²) in [4.78, 5) is 3.07. The number of hydrogen-bond acceptors (Lipinski definition) is 4. The van der Waals surface area contributed by atoms with Crippen LogP contribution in [0.2, 0.25) is 0 Å². The van der Waals surface area contributed by atoms with E-state index in [9.17, 15) is 0 Å². The standard InChI is InChI=1S/C13H21NO2S/c1-15-7-8-16-6-5-14-10-12-9-11-3-2-4-13(11)17-12/h9,14H,2-8,10H2,1H3. The molecule has 0 aromatic carbocycles. The Bertz CT molecular complexity index is 317. The van der Waals surface area contributed by atoms with Crippen molar-refractivity contribution >= 4 is 11.3 Å². The molecule has 0 fully saturated rings. The molecule has 1 aromatic heterocycles. The highest BCUT2D eigenvalue weighted by Gasteiger charge is 2.14. The SMILES string of the molecule is COCCOCCNCc1cc2c(s1)CCC2. The molecule has 2 rings (SSSR count). The lowest BCUT2D eigenvalue weighted by molar-refractivity contribution is 0.0719. The molecule has 0 saturated heterocycles. The monoisotopic (exact) mass is 255 g/mol. The summed E-state index contributed by atoms with van der Waals surface area (Å²) in [5, 5.41) is 3.41. The van der Waals surface area contributed by atoms with Crippen molar-refractivity contribution in [1.82, 2.24) is 5.32 Å². The number of nitrogens with one attached hydrogen (secondary N) is 1. The Labute approximate surface area is 107 Å². The van der Waals surface area contributed by atoms with Crippen LogP contribution in [0.25, 0.3) is 0 Å². The third kappa shape index (κ3) is 4.07. The fourth-order valence-corrected chi connectivity index (χ4v) is 3.31. The molecule has 1 aromatic rings. The molecule has 1 heterocycles. The fraction of sp³-hybridized carbons (Fsp3) is 0.692.